The molecule has 0 fully saturated rings. The Hall–Kier alpha value is -2.99. The van der Waals surface area contributed by atoms with Crippen molar-refractivity contribution in [2.45, 2.75) is 6.61 Å². The molecule has 0 aliphatic rings. The van der Waals surface area contributed by atoms with Gasteiger partial charge in [-0.05, 0) is 23.8 Å². The second-order valence-electron chi connectivity index (χ2n) is 5.09. The summed E-state index contributed by atoms with van der Waals surface area (Å²) in [4.78, 5) is 20.1. The van der Waals surface area contributed by atoms with E-state index >= 15 is 0 Å². The fraction of sp³-hybridized carbons (Fsp3) is 0.0556. The minimum atomic E-state index is -0.629. The molecule has 1 aromatic heterocycles. The summed E-state index contributed by atoms with van der Waals surface area (Å²) in [6.07, 6.45) is 1.22. The minimum Gasteiger partial charge on any atom is -0.473 e. The molecule has 0 bridgehead atoms. The molecule has 1 heterocycles. The largest absolute Gasteiger partial charge is 0.473 e. The molecule has 0 saturated heterocycles. The molecule has 0 aliphatic carbocycles. The quantitative estimate of drug-likeness (QED) is 0.746. The van der Waals surface area contributed by atoms with Crippen LogP contribution in [-0.2, 0) is 6.61 Å². The molecule has 3 rings (SSSR count). The number of halogens is 2. The van der Waals surface area contributed by atoms with Gasteiger partial charge in [0.2, 0.25) is 5.88 Å². The van der Waals surface area contributed by atoms with Gasteiger partial charge < -0.3 is 10.1 Å². The average molecular weight is 358 g/mol. The van der Waals surface area contributed by atoms with Gasteiger partial charge in [0.15, 0.2) is 0 Å². The van der Waals surface area contributed by atoms with E-state index in [2.05, 4.69) is 15.3 Å². The van der Waals surface area contributed by atoms with Crippen LogP contribution in [0.25, 0.3) is 0 Å². The van der Waals surface area contributed by atoms with Crippen LogP contribution in [-0.4, -0.2) is 15.9 Å². The lowest BCUT2D eigenvalue weighted by Crippen LogP contribution is -2.15. The maximum absolute atomic E-state index is 13.8. The summed E-state index contributed by atoms with van der Waals surface area (Å²) in [6, 6.07) is 14.9. The van der Waals surface area contributed by atoms with E-state index in [-0.39, 0.29) is 22.3 Å². The number of aromatic nitrogens is 2. The molecular formula is C18H13ClFN3O2. The van der Waals surface area contributed by atoms with Gasteiger partial charge in [0.1, 0.15) is 24.4 Å². The SMILES string of the molecule is O=C(Nc1ccc(Cl)cc1F)c1cc(OCc2ccccc2)ncn1. The number of anilines is 1. The number of benzene rings is 2. The molecule has 0 spiro atoms. The molecule has 25 heavy (non-hydrogen) atoms. The Bertz CT molecular complexity index is 890. The lowest BCUT2D eigenvalue weighted by Gasteiger charge is -2.08. The van der Waals surface area contributed by atoms with Crippen molar-refractivity contribution in [1.29, 1.82) is 0 Å². The summed E-state index contributed by atoms with van der Waals surface area (Å²) in [7, 11) is 0. The van der Waals surface area contributed by atoms with Gasteiger partial charge in [-0.15, -0.1) is 0 Å². The molecule has 2 aromatic carbocycles. The number of nitrogens with one attached hydrogen (secondary N) is 1. The highest BCUT2D eigenvalue weighted by molar-refractivity contribution is 6.30. The third-order valence-corrected chi connectivity index (χ3v) is 3.52. The Morgan fingerprint density at radius 3 is 2.68 bits per heavy atom. The van der Waals surface area contributed by atoms with Gasteiger partial charge in [0.05, 0.1) is 5.69 Å². The topological polar surface area (TPSA) is 64.1 Å². The van der Waals surface area contributed by atoms with Gasteiger partial charge >= 0.3 is 0 Å². The highest BCUT2D eigenvalue weighted by atomic mass is 35.5. The van der Waals surface area contributed by atoms with E-state index in [1.165, 1.54) is 24.5 Å². The lowest BCUT2D eigenvalue weighted by molar-refractivity contribution is 0.102. The Morgan fingerprint density at radius 1 is 1.12 bits per heavy atom. The summed E-state index contributed by atoms with van der Waals surface area (Å²) in [6.45, 7) is 0.310. The first-order chi connectivity index (χ1) is 12.1. The van der Waals surface area contributed by atoms with Crippen LogP contribution in [0.15, 0.2) is 60.9 Å². The molecule has 0 unspecified atom stereocenters. The highest BCUT2D eigenvalue weighted by Crippen LogP contribution is 2.19. The van der Waals surface area contributed by atoms with Gasteiger partial charge in [0.25, 0.3) is 5.91 Å². The van der Waals surface area contributed by atoms with Gasteiger partial charge in [-0.1, -0.05) is 41.9 Å². The molecule has 5 nitrogen and oxygen atoms in total. The predicted octanol–water partition coefficient (Wildman–Crippen LogP) is 4.10. The van der Waals surface area contributed by atoms with Crippen molar-refractivity contribution in [3.63, 3.8) is 0 Å². The predicted molar refractivity (Wildman–Crippen MR) is 92.2 cm³/mol. The van der Waals surface area contributed by atoms with Gasteiger partial charge in [-0.2, -0.15) is 0 Å². The third-order valence-electron chi connectivity index (χ3n) is 3.28. The number of ether oxygens (including phenoxy) is 1. The second kappa shape index (κ2) is 7.72. The van der Waals surface area contributed by atoms with E-state index in [0.717, 1.165) is 11.6 Å². The number of nitrogens with zero attached hydrogens (tertiary/aromatic N) is 2. The fourth-order valence-electron chi connectivity index (χ4n) is 2.05. The van der Waals surface area contributed by atoms with Crippen LogP contribution >= 0.6 is 11.6 Å². The molecule has 1 amide bonds. The van der Waals surface area contributed by atoms with Crippen LogP contribution in [0.5, 0.6) is 5.88 Å². The van der Waals surface area contributed by atoms with Crippen molar-refractivity contribution in [3.8, 4) is 5.88 Å². The first-order valence-corrected chi connectivity index (χ1v) is 7.75. The van der Waals surface area contributed by atoms with E-state index in [1.807, 2.05) is 30.3 Å². The Labute approximate surface area is 148 Å². The molecule has 1 N–H and O–H groups in total. The van der Waals surface area contributed by atoms with Crippen LogP contribution < -0.4 is 10.1 Å². The standard InChI is InChI=1S/C18H13ClFN3O2/c19-13-6-7-15(14(20)8-13)23-18(24)16-9-17(22-11-21-16)25-10-12-4-2-1-3-5-12/h1-9,11H,10H2,(H,23,24). The number of rotatable bonds is 5. The van der Waals surface area contributed by atoms with Crippen molar-refractivity contribution in [2.75, 3.05) is 5.32 Å². The smallest absolute Gasteiger partial charge is 0.274 e. The molecule has 3 aromatic rings. The summed E-state index contributed by atoms with van der Waals surface area (Å²) in [5.41, 5.74) is 1.04. The Kier molecular flexibility index (Phi) is 5.20. The molecule has 0 saturated carbocycles. The van der Waals surface area contributed by atoms with Crippen molar-refractivity contribution < 1.29 is 13.9 Å². The zero-order valence-electron chi connectivity index (χ0n) is 12.9. The van der Waals surface area contributed by atoms with Gasteiger partial charge in [0, 0.05) is 11.1 Å². The van der Waals surface area contributed by atoms with E-state index in [9.17, 15) is 9.18 Å². The van der Waals surface area contributed by atoms with Crippen molar-refractivity contribution >= 4 is 23.2 Å². The van der Waals surface area contributed by atoms with Crippen LogP contribution in [0.1, 0.15) is 16.1 Å². The van der Waals surface area contributed by atoms with E-state index in [0.29, 0.717) is 6.61 Å². The summed E-state index contributed by atoms with van der Waals surface area (Å²) >= 11 is 5.69. The van der Waals surface area contributed by atoms with Gasteiger partial charge in [-0.25, -0.2) is 14.4 Å². The number of amides is 1. The molecular weight excluding hydrogens is 345 g/mol. The van der Waals surface area contributed by atoms with Crippen LogP contribution in [0, 0.1) is 5.82 Å². The Morgan fingerprint density at radius 2 is 1.92 bits per heavy atom. The summed E-state index contributed by atoms with van der Waals surface area (Å²) < 4.78 is 19.3. The first-order valence-electron chi connectivity index (χ1n) is 7.37. The number of hydrogen-bond acceptors (Lipinski definition) is 4. The van der Waals surface area contributed by atoms with Crippen molar-refractivity contribution in [2.24, 2.45) is 0 Å². The highest BCUT2D eigenvalue weighted by Gasteiger charge is 2.12. The Balaban J connectivity index is 1.69. The van der Waals surface area contributed by atoms with E-state index in [4.69, 9.17) is 16.3 Å². The van der Waals surface area contributed by atoms with Crippen molar-refractivity contribution in [3.05, 3.63) is 83.0 Å². The number of hydrogen-bond donors (Lipinski definition) is 1. The summed E-state index contributed by atoms with van der Waals surface area (Å²) in [5, 5.41) is 2.68. The van der Waals surface area contributed by atoms with Crippen LogP contribution in [0.2, 0.25) is 5.02 Å². The average Bonchev–Trinajstić information content (AvgIpc) is 2.63. The normalized spacial score (nSPS) is 10.3. The zero-order valence-corrected chi connectivity index (χ0v) is 13.7. The molecule has 7 heteroatoms. The lowest BCUT2D eigenvalue weighted by atomic mass is 10.2. The van der Waals surface area contributed by atoms with Crippen LogP contribution in [0.3, 0.4) is 0 Å². The monoisotopic (exact) mass is 357 g/mol. The fourth-order valence-corrected chi connectivity index (χ4v) is 2.21. The number of carbonyl (C=O) groups excluding carboxylic acids is 1. The first kappa shape index (κ1) is 16.9. The van der Waals surface area contributed by atoms with E-state index in [1.54, 1.807) is 0 Å². The van der Waals surface area contributed by atoms with E-state index < -0.39 is 11.7 Å². The maximum Gasteiger partial charge on any atom is 0.274 e. The minimum absolute atomic E-state index is 0.0137. The van der Waals surface area contributed by atoms with Gasteiger partial charge in [-0.3, -0.25) is 4.79 Å². The molecule has 0 radical (unpaired) electrons. The molecule has 0 atom stereocenters. The van der Waals surface area contributed by atoms with Crippen molar-refractivity contribution in [1.82, 2.24) is 9.97 Å². The maximum atomic E-state index is 13.8. The molecule has 0 aliphatic heterocycles. The summed E-state index contributed by atoms with van der Waals surface area (Å²) in [5.74, 6) is -0.954. The number of carbonyl (C=O) groups is 1. The molecule has 126 valence electrons. The third kappa shape index (κ3) is 4.51. The van der Waals surface area contributed by atoms with Crippen LogP contribution in [0.4, 0.5) is 10.1 Å². The zero-order chi connectivity index (χ0) is 17.6. The second-order valence-corrected chi connectivity index (χ2v) is 5.53.